The number of rotatable bonds is 12. The van der Waals surface area contributed by atoms with E-state index in [2.05, 4.69) is 15.0 Å². The molecule has 0 unspecified atom stereocenters. The number of ether oxygens (including phenoxy) is 2. The largest absolute Gasteiger partial charge is 0.490 e. The van der Waals surface area contributed by atoms with Gasteiger partial charge in [0.25, 0.3) is 0 Å². The first kappa shape index (κ1) is 39.4. The number of amides is 1. The van der Waals surface area contributed by atoms with Gasteiger partial charge in [-0.15, -0.1) is 0 Å². The number of nitriles is 1. The van der Waals surface area contributed by atoms with Crippen LogP contribution < -0.4 is 14.5 Å². The highest BCUT2D eigenvalue weighted by Crippen LogP contribution is 2.45. The fourth-order valence-corrected chi connectivity index (χ4v) is 5.41. The van der Waals surface area contributed by atoms with E-state index in [0.29, 0.717) is 24.6 Å². The number of aliphatic carboxylic acids is 1. The third-order valence-electron chi connectivity index (χ3n) is 7.79. The van der Waals surface area contributed by atoms with Crippen LogP contribution >= 0.6 is 0 Å². The van der Waals surface area contributed by atoms with Crippen molar-refractivity contribution in [3.63, 3.8) is 0 Å². The Balaban J connectivity index is 1.90. The lowest BCUT2D eigenvalue weighted by atomic mass is 9.91. The van der Waals surface area contributed by atoms with Crippen LogP contribution in [0.5, 0.6) is 5.75 Å². The number of halogens is 9. The molecule has 280 valence electrons. The average molecular weight is 749 g/mol. The lowest BCUT2D eigenvalue weighted by Crippen LogP contribution is -2.48. The van der Waals surface area contributed by atoms with Crippen LogP contribution in [-0.4, -0.2) is 51.4 Å². The first-order chi connectivity index (χ1) is 24.3. The van der Waals surface area contributed by atoms with Crippen LogP contribution in [0.3, 0.4) is 0 Å². The van der Waals surface area contributed by atoms with Gasteiger partial charge in [0.2, 0.25) is 5.95 Å². The Bertz CT molecular complexity index is 1750. The maximum atomic E-state index is 14.0. The molecule has 1 aliphatic heterocycles. The minimum atomic E-state index is -5.21. The maximum absolute atomic E-state index is 14.0. The molecular formula is C32H29F9N6O5. The molecule has 0 fully saturated rings. The Kier molecular flexibility index (Phi) is 12.1. The van der Waals surface area contributed by atoms with E-state index in [4.69, 9.17) is 19.8 Å². The number of pyridine rings is 1. The van der Waals surface area contributed by atoms with Crippen molar-refractivity contribution in [2.75, 3.05) is 23.0 Å². The van der Waals surface area contributed by atoms with Gasteiger partial charge in [0.1, 0.15) is 12.3 Å². The molecule has 2 atom stereocenters. The summed E-state index contributed by atoms with van der Waals surface area (Å²) in [4.78, 5) is 38.4. The molecule has 3 aromatic rings. The fourth-order valence-electron chi connectivity index (χ4n) is 5.41. The number of fused-ring (bicyclic) bond motifs is 1. The molecule has 0 saturated heterocycles. The molecule has 0 radical (unpaired) electrons. The van der Waals surface area contributed by atoms with E-state index in [1.807, 2.05) is 6.07 Å². The number of carbonyl (C=O) groups is 2. The van der Waals surface area contributed by atoms with Gasteiger partial charge in [0.05, 0.1) is 60.0 Å². The SMILES string of the molecule is CC[C@@H]1C[C@@H](N(Cc2cc(C(F)(F)F)cc(C(F)(F)F)c2)c2ncc(OCCCC#N)cn2)c2nc(C(F)(F)F)ccc2N1C(=O)OCCC(=O)O. The van der Waals surface area contributed by atoms with Gasteiger partial charge in [0.15, 0.2) is 5.75 Å². The Morgan fingerprint density at radius 1 is 0.981 bits per heavy atom. The molecule has 0 bridgehead atoms. The Morgan fingerprint density at radius 3 is 2.15 bits per heavy atom. The van der Waals surface area contributed by atoms with Crippen LogP contribution in [0.25, 0.3) is 0 Å². The van der Waals surface area contributed by atoms with Gasteiger partial charge >= 0.3 is 30.6 Å². The van der Waals surface area contributed by atoms with E-state index in [0.717, 1.165) is 28.3 Å². The molecule has 2 aromatic heterocycles. The molecule has 0 aliphatic carbocycles. The summed E-state index contributed by atoms with van der Waals surface area (Å²) in [5.74, 6) is -1.57. The molecule has 4 rings (SSSR count). The second kappa shape index (κ2) is 15.9. The Hall–Kier alpha value is -5.35. The van der Waals surface area contributed by atoms with Gasteiger partial charge in [-0.2, -0.15) is 44.8 Å². The van der Waals surface area contributed by atoms with E-state index in [1.165, 1.54) is 0 Å². The number of anilines is 2. The Morgan fingerprint density at radius 2 is 1.62 bits per heavy atom. The van der Waals surface area contributed by atoms with Gasteiger partial charge in [-0.1, -0.05) is 6.92 Å². The van der Waals surface area contributed by atoms with Gasteiger partial charge in [-0.05, 0) is 55.2 Å². The molecule has 1 N–H and O–H groups in total. The molecule has 0 spiro atoms. The number of carboxylic acid groups (broad SMARTS) is 1. The first-order valence-electron chi connectivity index (χ1n) is 15.5. The zero-order chi connectivity index (χ0) is 38.4. The maximum Gasteiger partial charge on any atom is 0.433 e. The number of hydrogen-bond donors (Lipinski definition) is 1. The summed E-state index contributed by atoms with van der Waals surface area (Å²) in [7, 11) is 0. The minimum absolute atomic E-state index is 0.0706. The highest BCUT2D eigenvalue weighted by Gasteiger charge is 2.44. The second-order valence-electron chi connectivity index (χ2n) is 11.4. The molecule has 20 heteroatoms. The predicted octanol–water partition coefficient (Wildman–Crippen LogP) is 7.96. The van der Waals surface area contributed by atoms with E-state index in [-0.39, 0.29) is 49.3 Å². The number of aromatic nitrogens is 3. The van der Waals surface area contributed by atoms with Crippen LogP contribution in [0, 0.1) is 11.3 Å². The van der Waals surface area contributed by atoms with Gasteiger partial charge in [0, 0.05) is 19.0 Å². The topological polar surface area (TPSA) is 142 Å². The second-order valence-corrected chi connectivity index (χ2v) is 11.4. The molecule has 52 heavy (non-hydrogen) atoms. The van der Waals surface area contributed by atoms with Crippen molar-refractivity contribution in [1.82, 2.24) is 15.0 Å². The van der Waals surface area contributed by atoms with Crippen LogP contribution in [0.2, 0.25) is 0 Å². The van der Waals surface area contributed by atoms with Crippen LogP contribution in [0.1, 0.15) is 73.1 Å². The zero-order valence-corrected chi connectivity index (χ0v) is 27.0. The van der Waals surface area contributed by atoms with Gasteiger partial charge < -0.3 is 19.5 Å². The lowest BCUT2D eigenvalue weighted by Gasteiger charge is -2.43. The summed E-state index contributed by atoms with van der Waals surface area (Å²) in [5.41, 5.74) is -5.95. The number of benzene rings is 1. The molecule has 1 aromatic carbocycles. The summed E-state index contributed by atoms with van der Waals surface area (Å²) in [6.07, 6.45) is -14.6. The molecule has 11 nitrogen and oxygen atoms in total. The number of alkyl halides is 9. The average Bonchev–Trinajstić information content (AvgIpc) is 3.07. The van der Waals surface area contributed by atoms with Crippen molar-refractivity contribution in [3.8, 4) is 11.8 Å². The lowest BCUT2D eigenvalue weighted by molar-refractivity contribution is -0.143. The monoisotopic (exact) mass is 748 g/mol. The summed E-state index contributed by atoms with van der Waals surface area (Å²) in [6.45, 7) is 0.275. The minimum Gasteiger partial charge on any atom is -0.490 e. The van der Waals surface area contributed by atoms with Crippen molar-refractivity contribution in [1.29, 1.82) is 5.26 Å². The Labute approximate surface area is 289 Å². The molecular weight excluding hydrogens is 719 g/mol. The molecule has 1 amide bonds. The summed E-state index contributed by atoms with van der Waals surface area (Å²) in [6, 6.07) is 1.97. The van der Waals surface area contributed by atoms with Gasteiger partial charge in [-0.3, -0.25) is 9.69 Å². The van der Waals surface area contributed by atoms with E-state index in [9.17, 15) is 49.1 Å². The molecule has 1 aliphatic rings. The first-order valence-corrected chi connectivity index (χ1v) is 15.5. The highest BCUT2D eigenvalue weighted by molar-refractivity contribution is 5.90. The molecule has 0 saturated carbocycles. The predicted molar refractivity (Wildman–Crippen MR) is 162 cm³/mol. The summed E-state index contributed by atoms with van der Waals surface area (Å²) in [5, 5.41) is 17.7. The summed E-state index contributed by atoms with van der Waals surface area (Å²) < 4.78 is 135. The van der Waals surface area contributed by atoms with E-state index >= 15 is 0 Å². The number of nitrogens with zero attached hydrogens (tertiary/aromatic N) is 6. The third-order valence-corrected chi connectivity index (χ3v) is 7.79. The van der Waals surface area contributed by atoms with Crippen LogP contribution in [0.15, 0.2) is 42.7 Å². The zero-order valence-electron chi connectivity index (χ0n) is 27.0. The standard InChI is InChI=1S/C32H29F9N6O5/c1-2-21-14-24(27-23(5-6-25(45-27)32(39,40)41)47(21)29(50)52-10-7-26(48)49)46(28-43-15-22(16-44-28)51-9-4-3-8-42)17-18-11-19(30(33,34)35)13-20(12-18)31(36,37)38/h5-6,11-13,15-16,21,24H,2-4,7,9-10,14,17H2,1H3,(H,48,49)/t21-,24-/m1/s1. The van der Waals surface area contributed by atoms with Crippen molar-refractivity contribution < 1.29 is 63.7 Å². The number of carbonyl (C=O) groups excluding carboxylic acids is 1. The highest BCUT2D eigenvalue weighted by atomic mass is 19.4. The van der Waals surface area contributed by atoms with Crippen LogP contribution in [-0.2, 0) is 34.6 Å². The smallest absolute Gasteiger partial charge is 0.433 e. The third kappa shape index (κ3) is 9.70. The van der Waals surface area contributed by atoms with E-state index < -0.39 is 90.3 Å². The molecule has 3 heterocycles. The van der Waals surface area contributed by atoms with Crippen molar-refractivity contribution in [2.24, 2.45) is 0 Å². The number of carboxylic acids is 1. The number of unbranched alkanes of at least 4 members (excludes halogenated alkanes) is 1. The number of hydrogen-bond acceptors (Lipinski definition) is 9. The normalized spacial score (nSPS) is 16.1. The van der Waals surface area contributed by atoms with Crippen molar-refractivity contribution in [3.05, 3.63) is 70.8 Å². The summed E-state index contributed by atoms with van der Waals surface area (Å²) >= 11 is 0. The van der Waals surface area contributed by atoms with Gasteiger partial charge in [-0.25, -0.2) is 19.7 Å². The quantitative estimate of drug-likeness (QED) is 0.143. The fraction of sp³-hybridized carbons (Fsp3) is 0.438. The van der Waals surface area contributed by atoms with E-state index in [1.54, 1.807) is 6.92 Å². The van der Waals surface area contributed by atoms with Crippen molar-refractivity contribution >= 4 is 23.7 Å². The van der Waals surface area contributed by atoms with Crippen LogP contribution in [0.4, 0.5) is 55.9 Å². The van der Waals surface area contributed by atoms with Crippen molar-refractivity contribution in [2.45, 2.75) is 76.2 Å².